The first-order valence-electron chi connectivity index (χ1n) is 12.8. The molecule has 0 fully saturated rings. The normalized spacial score (nSPS) is 17.7. The van der Waals surface area contributed by atoms with Gasteiger partial charge in [-0.3, -0.25) is 0 Å². The Hall–Kier alpha value is -4.61. The average Bonchev–Trinajstić information content (AvgIpc) is 3.54. The van der Waals surface area contributed by atoms with E-state index in [1.807, 2.05) is 47.7 Å². The molecular formula is C33H22N4S. The minimum absolute atomic E-state index is 0.0976. The van der Waals surface area contributed by atoms with Gasteiger partial charge in [-0.15, -0.1) is 11.3 Å². The molecule has 1 aliphatic carbocycles. The summed E-state index contributed by atoms with van der Waals surface area (Å²) in [6.07, 6.45) is 8.87. The van der Waals surface area contributed by atoms with Gasteiger partial charge in [-0.2, -0.15) is 9.97 Å². The molecule has 0 saturated carbocycles. The van der Waals surface area contributed by atoms with E-state index in [4.69, 9.17) is 15.0 Å². The van der Waals surface area contributed by atoms with E-state index in [0.717, 1.165) is 11.1 Å². The number of nitrogens with zero attached hydrogens (tertiary/aromatic N) is 4. The molecule has 2 aliphatic rings. The van der Waals surface area contributed by atoms with Gasteiger partial charge in [0.25, 0.3) is 0 Å². The van der Waals surface area contributed by atoms with Crippen LogP contribution < -0.4 is 4.90 Å². The summed E-state index contributed by atoms with van der Waals surface area (Å²) >= 11 is 1.85. The largest absolute Gasteiger partial charge is 0.301 e. The minimum atomic E-state index is 0.0976. The van der Waals surface area contributed by atoms with Crippen LogP contribution >= 0.6 is 11.3 Å². The number of hydrogen-bond acceptors (Lipinski definition) is 5. The van der Waals surface area contributed by atoms with E-state index in [0.29, 0.717) is 17.6 Å². The first-order chi connectivity index (χ1) is 18.8. The molecule has 3 heterocycles. The molecule has 6 aromatic rings. The molecular weight excluding hydrogens is 484 g/mol. The Kier molecular flexibility index (Phi) is 4.79. The zero-order chi connectivity index (χ0) is 25.1. The number of thiophene rings is 1. The Morgan fingerprint density at radius 1 is 0.605 bits per heavy atom. The molecule has 0 saturated heterocycles. The summed E-state index contributed by atoms with van der Waals surface area (Å²) in [5, 5.41) is 2.57. The predicted octanol–water partition coefficient (Wildman–Crippen LogP) is 8.30. The molecule has 0 amide bonds. The van der Waals surface area contributed by atoms with Crippen molar-refractivity contribution in [1.82, 2.24) is 15.0 Å². The number of fused-ring (bicyclic) bond motifs is 7. The van der Waals surface area contributed by atoms with Gasteiger partial charge < -0.3 is 4.90 Å². The van der Waals surface area contributed by atoms with Crippen LogP contribution in [0, 0.1) is 0 Å². The van der Waals surface area contributed by atoms with E-state index in [9.17, 15) is 0 Å². The molecule has 4 nitrogen and oxygen atoms in total. The van der Waals surface area contributed by atoms with E-state index in [2.05, 4.69) is 89.9 Å². The summed E-state index contributed by atoms with van der Waals surface area (Å²) in [7, 11) is 0. The van der Waals surface area contributed by atoms with Crippen molar-refractivity contribution in [2.24, 2.45) is 0 Å². The van der Waals surface area contributed by atoms with Crippen LogP contribution in [0.3, 0.4) is 0 Å². The lowest BCUT2D eigenvalue weighted by Crippen LogP contribution is -2.30. The first kappa shape index (κ1) is 21.5. The molecule has 1 aliphatic heterocycles. The summed E-state index contributed by atoms with van der Waals surface area (Å²) in [6, 6.07) is 33.7. The van der Waals surface area contributed by atoms with Crippen LogP contribution in [0.4, 0.5) is 11.6 Å². The van der Waals surface area contributed by atoms with Gasteiger partial charge >= 0.3 is 0 Å². The lowest BCUT2D eigenvalue weighted by Gasteiger charge is -2.27. The molecule has 180 valence electrons. The highest BCUT2D eigenvalue weighted by molar-refractivity contribution is 7.26. The van der Waals surface area contributed by atoms with Gasteiger partial charge in [-0.25, -0.2) is 4.98 Å². The topological polar surface area (TPSA) is 41.9 Å². The van der Waals surface area contributed by atoms with Crippen molar-refractivity contribution in [3.05, 3.63) is 127 Å². The highest BCUT2D eigenvalue weighted by Crippen LogP contribution is 2.53. The van der Waals surface area contributed by atoms with Gasteiger partial charge in [-0.1, -0.05) is 115 Å². The lowest BCUT2D eigenvalue weighted by atomic mass is 9.91. The second kappa shape index (κ2) is 8.47. The number of allylic oxidation sites excluding steroid dienone is 2. The van der Waals surface area contributed by atoms with Gasteiger partial charge in [0.15, 0.2) is 11.6 Å². The Balaban J connectivity index is 1.42. The van der Waals surface area contributed by atoms with Crippen molar-refractivity contribution in [2.45, 2.75) is 12.0 Å². The maximum Gasteiger partial charge on any atom is 0.234 e. The zero-order valence-electron chi connectivity index (χ0n) is 20.4. The number of aromatic nitrogens is 3. The highest BCUT2D eigenvalue weighted by atomic mass is 32.1. The lowest BCUT2D eigenvalue weighted by molar-refractivity contribution is 0.728. The van der Waals surface area contributed by atoms with Gasteiger partial charge in [0.05, 0.1) is 16.4 Å². The number of anilines is 2. The Labute approximate surface area is 224 Å². The third-order valence-electron chi connectivity index (χ3n) is 7.46. The molecule has 4 aromatic carbocycles. The van der Waals surface area contributed by atoms with Crippen molar-refractivity contribution in [3.8, 4) is 22.8 Å². The monoisotopic (exact) mass is 506 g/mol. The summed E-state index contributed by atoms with van der Waals surface area (Å²) in [4.78, 5) is 17.5. The van der Waals surface area contributed by atoms with Gasteiger partial charge in [0.1, 0.15) is 0 Å². The van der Waals surface area contributed by atoms with Gasteiger partial charge in [0, 0.05) is 32.5 Å². The summed E-state index contributed by atoms with van der Waals surface area (Å²) < 4.78 is 2.57. The summed E-state index contributed by atoms with van der Waals surface area (Å²) in [6.45, 7) is 0. The Morgan fingerprint density at radius 2 is 1.26 bits per heavy atom. The van der Waals surface area contributed by atoms with E-state index in [1.165, 1.54) is 31.4 Å². The zero-order valence-corrected chi connectivity index (χ0v) is 21.2. The fourth-order valence-electron chi connectivity index (χ4n) is 5.72. The van der Waals surface area contributed by atoms with Crippen LogP contribution in [0.2, 0.25) is 0 Å². The maximum absolute atomic E-state index is 5.11. The quantitative estimate of drug-likeness (QED) is 0.242. The molecule has 0 bridgehead atoms. The van der Waals surface area contributed by atoms with Crippen LogP contribution in [0.5, 0.6) is 0 Å². The van der Waals surface area contributed by atoms with E-state index < -0.39 is 0 Å². The van der Waals surface area contributed by atoms with Gasteiger partial charge in [-0.05, 0) is 11.6 Å². The highest BCUT2D eigenvalue weighted by Gasteiger charge is 2.40. The van der Waals surface area contributed by atoms with Crippen molar-refractivity contribution in [1.29, 1.82) is 0 Å². The molecule has 2 atom stereocenters. The predicted molar refractivity (Wildman–Crippen MR) is 157 cm³/mol. The van der Waals surface area contributed by atoms with Crippen LogP contribution in [0.15, 0.2) is 121 Å². The van der Waals surface area contributed by atoms with E-state index in [1.54, 1.807) is 0 Å². The Morgan fingerprint density at radius 3 is 2.00 bits per heavy atom. The van der Waals surface area contributed by atoms with Gasteiger partial charge in [0.2, 0.25) is 5.95 Å². The molecule has 8 rings (SSSR count). The second-order valence-electron chi connectivity index (χ2n) is 9.65. The summed E-state index contributed by atoms with van der Waals surface area (Å²) in [5.74, 6) is 2.27. The average molecular weight is 507 g/mol. The third-order valence-corrected chi connectivity index (χ3v) is 8.65. The SMILES string of the molecule is C1=CC2c3ccc4c(sc5ccccc54)c3N(c3nc(-c4ccccc4)nc(-c4ccccc4)n3)C2C=C1. The van der Waals surface area contributed by atoms with E-state index in [-0.39, 0.29) is 12.0 Å². The van der Waals surface area contributed by atoms with E-state index >= 15 is 0 Å². The molecule has 38 heavy (non-hydrogen) atoms. The van der Waals surface area contributed by atoms with Crippen molar-refractivity contribution < 1.29 is 0 Å². The maximum atomic E-state index is 5.11. The third kappa shape index (κ3) is 3.25. The van der Waals surface area contributed by atoms with Crippen LogP contribution in [0.25, 0.3) is 42.9 Å². The molecule has 5 heteroatoms. The molecule has 0 radical (unpaired) electrons. The van der Waals surface area contributed by atoms with Crippen LogP contribution in [0.1, 0.15) is 11.5 Å². The molecule has 0 N–H and O–H groups in total. The number of rotatable bonds is 3. The number of hydrogen-bond donors (Lipinski definition) is 0. The van der Waals surface area contributed by atoms with Crippen LogP contribution in [-0.2, 0) is 0 Å². The minimum Gasteiger partial charge on any atom is -0.301 e. The summed E-state index contributed by atoms with van der Waals surface area (Å²) in [5.41, 5.74) is 4.48. The molecule has 2 aromatic heterocycles. The molecule has 2 unspecified atom stereocenters. The standard InChI is InChI=1S/C33H22N4S/c1-3-11-21(12-4-1)31-34-32(22-13-5-2-6-14-22)36-33(35-31)37-27-17-9-7-15-23(27)25-19-20-26-24-16-8-10-18-28(24)38-30(26)29(25)37/h1-20,23,27H. The fraction of sp³-hybridized carbons (Fsp3) is 0.0606. The van der Waals surface area contributed by atoms with Crippen molar-refractivity contribution in [3.63, 3.8) is 0 Å². The number of benzene rings is 4. The van der Waals surface area contributed by atoms with Crippen LogP contribution in [-0.4, -0.2) is 21.0 Å². The van der Waals surface area contributed by atoms with Crippen molar-refractivity contribution in [2.75, 3.05) is 4.90 Å². The smallest absolute Gasteiger partial charge is 0.234 e. The first-order valence-corrected chi connectivity index (χ1v) is 13.6. The van der Waals surface area contributed by atoms with Crippen molar-refractivity contribution >= 4 is 43.1 Å². The molecule has 0 spiro atoms. The fourth-order valence-corrected chi connectivity index (χ4v) is 6.98. The second-order valence-corrected chi connectivity index (χ2v) is 10.7. The Bertz CT molecular complexity index is 1830.